The van der Waals surface area contributed by atoms with Crippen LogP contribution in [-0.2, 0) is 14.3 Å². The summed E-state index contributed by atoms with van der Waals surface area (Å²) in [5.41, 5.74) is 1.77. The number of halogens is 1. The van der Waals surface area contributed by atoms with Gasteiger partial charge in [0.05, 0.1) is 12.2 Å². The summed E-state index contributed by atoms with van der Waals surface area (Å²) in [6, 6.07) is 7.24. The summed E-state index contributed by atoms with van der Waals surface area (Å²) < 4.78 is 5.09. The SMILES string of the molecule is CCOC(=O)C1=C(C)NC(=O)CC1c1ccccc1Cl. The van der Waals surface area contributed by atoms with E-state index in [0.717, 1.165) is 5.56 Å². The van der Waals surface area contributed by atoms with Crippen LogP contribution >= 0.6 is 11.6 Å². The molecule has 1 aliphatic rings. The standard InChI is InChI=1S/C15H16ClNO3/c1-3-20-15(19)14-9(2)17-13(18)8-11(14)10-6-4-5-7-12(10)16/h4-7,11H,3,8H2,1-2H3,(H,17,18). The second-order valence-corrected chi connectivity index (χ2v) is 4.99. The first kappa shape index (κ1) is 14.6. The van der Waals surface area contributed by atoms with E-state index in [9.17, 15) is 9.59 Å². The van der Waals surface area contributed by atoms with E-state index in [2.05, 4.69) is 5.32 Å². The van der Waals surface area contributed by atoms with E-state index in [1.807, 2.05) is 18.2 Å². The molecule has 1 amide bonds. The van der Waals surface area contributed by atoms with Crippen LogP contribution in [0.3, 0.4) is 0 Å². The third-order valence-electron chi connectivity index (χ3n) is 3.24. The van der Waals surface area contributed by atoms with E-state index in [1.165, 1.54) is 0 Å². The molecule has 0 spiro atoms. The molecule has 1 aromatic carbocycles. The summed E-state index contributed by atoms with van der Waals surface area (Å²) >= 11 is 6.19. The molecule has 0 aromatic heterocycles. The Labute approximate surface area is 122 Å². The molecule has 0 aliphatic carbocycles. The van der Waals surface area contributed by atoms with Crippen molar-refractivity contribution in [2.45, 2.75) is 26.2 Å². The lowest BCUT2D eigenvalue weighted by Crippen LogP contribution is -2.34. The molecule has 1 unspecified atom stereocenters. The van der Waals surface area contributed by atoms with Gasteiger partial charge in [-0.3, -0.25) is 4.79 Å². The summed E-state index contributed by atoms with van der Waals surface area (Å²) in [5.74, 6) is -0.896. The van der Waals surface area contributed by atoms with Gasteiger partial charge in [-0.25, -0.2) is 4.79 Å². The van der Waals surface area contributed by atoms with Crippen LogP contribution in [0.25, 0.3) is 0 Å². The van der Waals surface area contributed by atoms with Crippen molar-refractivity contribution in [1.29, 1.82) is 0 Å². The van der Waals surface area contributed by atoms with Crippen molar-refractivity contribution in [1.82, 2.24) is 5.32 Å². The molecular weight excluding hydrogens is 278 g/mol. The van der Waals surface area contributed by atoms with Gasteiger partial charge in [0.2, 0.25) is 5.91 Å². The Morgan fingerprint density at radius 3 is 2.80 bits per heavy atom. The van der Waals surface area contributed by atoms with Crippen LogP contribution in [0.4, 0.5) is 0 Å². The van der Waals surface area contributed by atoms with Gasteiger partial charge in [0, 0.05) is 23.1 Å². The zero-order valence-electron chi connectivity index (χ0n) is 11.4. The number of nitrogens with one attached hydrogen (secondary N) is 1. The number of hydrogen-bond donors (Lipinski definition) is 1. The van der Waals surface area contributed by atoms with Gasteiger partial charge < -0.3 is 10.1 Å². The second-order valence-electron chi connectivity index (χ2n) is 4.59. The van der Waals surface area contributed by atoms with Gasteiger partial charge in [0.25, 0.3) is 0 Å². The second kappa shape index (κ2) is 6.09. The molecule has 2 rings (SSSR count). The number of esters is 1. The minimum Gasteiger partial charge on any atom is -0.463 e. The molecular formula is C15H16ClNO3. The summed E-state index contributed by atoms with van der Waals surface area (Å²) in [6.07, 6.45) is 0.190. The normalized spacial score (nSPS) is 18.8. The molecule has 5 heteroatoms. The Bertz CT molecular complexity index is 580. The zero-order chi connectivity index (χ0) is 14.7. The molecule has 20 heavy (non-hydrogen) atoms. The van der Waals surface area contributed by atoms with Crippen LogP contribution in [0, 0.1) is 0 Å². The van der Waals surface area contributed by atoms with Crippen LogP contribution in [0.5, 0.6) is 0 Å². The molecule has 106 valence electrons. The van der Waals surface area contributed by atoms with Crippen LogP contribution in [0.1, 0.15) is 31.7 Å². The predicted molar refractivity (Wildman–Crippen MR) is 76.3 cm³/mol. The molecule has 4 nitrogen and oxygen atoms in total. The number of rotatable bonds is 3. The van der Waals surface area contributed by atoms with Crippen molar-refractivity contribution in [2.75, 3.05) is 6.61 Å². The third kappa shape index (κ3) is 2.85. The molecule has 0 fully saturated rings. The van der Waals surface area contributed by atoms with Gasteiger partial charge in [-0.2, -0.15) is 0 Å². The number of carbonyl (C=O) groups excluding carboxylic acids is 2. The third-order valence-corrected chi connectivity index (χ3v) is 3.59. The highest BCUT2D eigenvalue weighted by Crippen LogP contribution is 2.36. The number of hydrogen-bond acceptors (Lipinski definition) is 3. The van der Waals surface area contributed by atoms with Gasteiger partial charge in [-0.15, -0.1) is 0 Å². The highest BCUT2D eigenvalue weighted by Gasteiger charge is 2.33. The van der Waals surface area contributed by atoms with Crippen LogP contribution in [0.2, 0.25) is 5.02 Å². The van der Waals surface area contributed by atoms with E-state index in [1.54, 1.807) is 19.9 Å². The molecule has 0 saturated carbocycles. The summed E-state index contributed by atoms with van der Waals surface area (Å²) in [4.78, 5) is 23.9. The lowest BCUT2D eigenvalue weighted by atomic mass is 9.84. The van der Waals surface area contributed by atoms with Crippen molar-refractivity contribution >= 4 is 23.5 Å². The number of allylic oxidation sites excluding steroid dienone is 1. The summed E-state index contributed by atoms with van der Waals surface area (Å²) in [7, 11) is 0. The van der Waals surface area contributed by atoms with Crippen LogP contribution in [-0.4, -0.2) is 18.5 Å². The molecule has 1 atom stereocenters. The topological polar surface area (TPSA) is 55.4 Å². The smallest absolute Gasteiger partial charge is 0.336 e. The lowest BCUT2D eigenvalue weighted by Gasteiger charge is -2.27. The largest absolute Gasteiger partial charge is 0.463 e. The van der Waals surface area contributed by atoms with Crippen LogP contribution in [0.15, 0.2) is 35.5 Å². The van der Waals surface area contributed by atoms with Crippen molar-refractivity contribution in [2.24, 2.45) is 0 Å². The fourth-order valence-corrected chi connectivity index (χ4v) is 2.67. The first-order valence-electron chi connectivity index (χ1n) is 6.46. The number of benzene rings is 1. The maximum atomic E-state index is 12.1. The first-order chi connectivity index (χ1) is 9.54. The molecule has 0 bridgehead atoms. The zero-order valence-corrected chi connectivity index (χ0v) is 12.2. The quantitative estimate of drug-likeness (QED) is 0.872. The molecule has 1 aliphatic heterocycles. The first-order valence-corrected chi connectivity index (χ1v) is 6.84. The van der Waals surface area contributed by atoms with Crippen molar-refractivity contribution in [3.05, 3.63) is 46.1 Å². The van der Waals surface area contributed by atoms with E-state index in [4.69, 9.17) is 16.3 Å². The average molecular weight is 294 g/mol. The molecule has 1 aromatic rings. The number of amides is 1. The Morgan fingerprint density at radius 1 is 1.45 bits per heavy atom. The number of ether oxygens (including phenoxy) is 1. The summed E-state index contributed by atoms with van der Waals surface area (Å²) in [6.45, 7) is 3.74. The molecule has 1 heterocycles. The predicted octanol–water partition coefficient (Wildman–Crippen LogP) is 2.78. The van der Waals surface area contributed by atoms with Crippen molar-refractivity contribution in [3.63, 3.8) is 0 Å². The van der Waals surface area contributed by atoms with Gasteiger partial charge >= 0.3 is 5.97 Å². The fourth-order valence-electron chi connectivity index (χ4n) is 2.40. The van der Waals surface area contributed by atoms with Gasteiger partial charge in [0.1, 0.15) is 0 Å². The fraction of sp³-hybridized carbons (Fsp3) is 0.333. The van der Waals surface area contributed by atoms with E-state index in [-0.39, 0.29) is 18.2 Å². The molecule has 0 radical (unpaired) electrons. The Kier molecular flexibility index (Phi) is 4.45. The molecule has 1 N–H and O–H groups in total. The average Bonchev–Trinajstić information content (AvgIpc) is 2.38. The molecule has 0 saturated heterocycles. The lowest BCUT2D eigenvalue weighted by molar-refractivity contribution is -0.139. The Morgan fingerprint density at radius 2 is 2.15 bits per heavy atom. The van der Waals surface area contributed by atoms with Gasteiger partial charge in [-0.1, -0.05) is 29.8 Å². The summed E-state index contributed by atoms with van der Waals surface area (Å²) in [5, 5.41) is 3.23. The van der Waals surface area contributed by atoms with Gasteiger partial charge in [0.15, 0.2) is 0 Å². The highest BCUT2D eigenvalue weighted by molar-refractivity contribution is 6.31. The Balaban J connectivity index is 2.48. The van der Waals surface area contributed by atoms with Crippen molar-refractivity contribution < 1.29 is 14.3 Å². The minimum absolute atomic E-state index is 0.125. The maximum absolute atomic E-state index is 12.1. The highest BCUT2D eigenvalue weighted by atomic mass is 35.5. The van der Waals surface area contributed by atoms with E-state index >= 15 is 0 Å². The van der Waals surface area contributed by atoms with Gasteiger partial charge in [-0.05, 0) is 25.5 Å². The van der Waals surface area contributed by atoms with E-state index in [0.29, 0.717) is 22.9 Å². The maximum Gasteiger partial charge on any atom is 0.336 e. The Hall–Kier alpha value is -1.81. The van der Waals surface area contributed by atoms with Crippen molar-refractivity contribution in [3.8, 4) is 0 Å². The minimum atomic E-state index is -0.407. The number of carbonyl (C=O) groups is 2. The van der Waals surface area contributed by atoms with Crippen LogP contribution < -0.4 is 5.32 Å². The van der Waals surface area contributed by atoms with E-state index < -0.39 is 5.97 Å². The monoisotopic (exact) mass is 293 g/mol.